The van der Waals surface area contributed by atoms with E-state index in [1.54, 1.807) is 18.2 Å². The van der Waals surface area contributed by atoms with Crippen LogP contribution in [-0.2, 0) is 35.3 Å². The molecule has 0 atom stereocenters. The lowest BCUT2D eigenvalue weighted by atomic mass is 10.00. The molecule has 1 aliphatic heterocycles. The molecule has 3 aromatic carbocycles. The Bertz CT molecular complexity index is 1420. The maximum absolute atomic E-state index is 13.1. The van der Waals surface area contributed by atoms with E-state index < -0.39 is 45.0 Å². The van der Waals surface area contributed by atoms with Crippen molar-refractivity contribution in [3.63, 3.8) is 0 Å². The van der Waals surface area contributed by atoms with E-state index in [1.165, 1.54) is 28.6 Å². The smallest absolute Gasteiger partial charge is 0.322 e. The van der Waals surface area contributed by atoms with Crippen molar-refractivity contribution in [2.45, 2.75) is 37.1 Å². The number of fused-ring (bicyclic) bond motifs is 1. The third kappa shape index (κ3) is 5.80. The molecule has 0 aliphatic carbocycles. The molecule has 37 heavy (non-hydrogen) atoms. The van der Waals surface area contributed by atoms with E-state index in [4.69, 9.17) is 0 Å². The predicted octanol–water partition coefficient (Wildman–Crippen LogP) is 6.03. The largest absolute Gasteiger partial charge is 0.416 e. The van der Waals surface area contributed by atoms with Crippen molar-refractivity contribution in [3.05, 3.63) is 94.0 Å². The number of anilines is 1. The number of nitrogens with zero attached hydrogens (tertiary/aromatic N) is 1. The molecule has 1 heterocycles. The second kappa shape index (κ2) is 9.49. The van der Waals surface area contributed by atoms with Crippen molar-refractivity contribution in [2.24, 2.45) is 0 Å². The SMILES string of the molecule is Cc1ccc(S(=O)(=O)N2CCc3ccc(NC(=O)c4cc(C(F)(F)F)cc(C(F)(F)F)c4)cc3C2)cc1. The maximum Gasteiger partial charge on any atom is 0.416 e. The molecule has 0 fully saturated rings. The van der Waals surface area contributed by atoms with Crippen LogP contribution >= 0.6 is 0 Å². The first-order valence-electron chi connectivity index (χ1n) is 10.9. The fourth-order valence-electron chi connectivity index (χ4n) is 3.96. The molecule has 1 N–H and O–H groups in total. The molecule has 1 aliphatic rings. The molecule has 196 valence electrons. The van der Waals surface area contributed by atoms with Crippen molar-refractivity contribution in [2.75, 3.05) is 11.9 Å². The van der Waals surface area contributed by atoms with Crippen LogP contribution in [0.25, 0.3) is 0 Å². The molecular formula is C25H20F6N2O3S. The Morgan fingerprint density at radius 1 is 0.838 bits per heavy atom. The van der Waals surface area contributed by atoms with Gasteiger partial charge in [-0.2, -0.15) is 30.6 Å². The zero-order chi connectivity index (χ0) is 27.2. The molecule has 12 heteroatoms. The third-order valence-corrected chi connectivity index (χ3v) is 7.81. The number of amides is 1. The Morgan fingerprint density at radius 2 is 1.43 bits per heavy atom. The van der Waals surface area contributed by atoms with Gasteiger partial charge in [0, 0.05) is 24.3 Å². The summed E-state index contributed by atoms with van der Waals surface area (Å²) in [6.45, 7) is 2.03. The van der Waals surface area contributed by atoms with Crippen molar-refractivity contribution in [1.29, 1.82) is 0 Å². The van der Waals surface area contributed by atoms with Gasteiger partial charge in [-0.25, -0.2) is 8.42 Å². The second-order valence-corrected chi connectivity index (χ2v) is 10.6. The third-order valence-electron chi connectivity index (χ3n) is 5.95. The molecule has 0 bridgehead atoms. The van der Waals surface area contributed by atoms with Crippen molar-refractivity contribution in [1.82, 2.24) is 4.31 Å². The number of alkyl halides is 6. The van der Waals surface area contributed by atoms with Crippen molar-refractivity contribution >= 4 is 21.6 Å². The molecule has 0 radical (unpaired) electrons. The predicted molar refractivity (Wildman–Crippen MR) is 123 cm³/mol. The number of hydrogen-bond acceptors (Lipinski definition) is 3. The van der Waals surface area contributed by atoms with Crippen molar-refractivity contribution in [3.8, 4) is 0 Å². The van der Waals surface area contributed by atoms with Gasteiger partial charge in [-0.3, -0.25) is 4.79 Å². The lowest BCUT2D eigenvalue weighted by Gasteiger charge is -2.28. The summed E-state index contributed by atoms with van der Waals surface area (Å²) in [6.07, 6.45) is -9.79. The molecule has 0 saturated carbocycles. The van der Waals surface area contributed by atoms with Crippen LogP contribution in [0, 0.1) is 6.92 Å². The molecule has 1 amide bonds. The summed E-state index contributed by atoms with van der Waals surface area (Å²) in [4.78, 5) is 12.7. The molecule has 0 saturated heterocycles. The first-order valence-corrected chi connectivity index (χ1v) is 12.4. The average molecular weight is 543 g/mol. The number of rotatable bonds is 4. The first kappa shape index (κ1) is 26.7. The van der Waals surface area contributed by atoms with E-state index in [-0.39, 0.29) is 29.7 Å². The quantitative estimate of drug-likeness (QED) is 0.410. The highest BCUT2D eigenvalue weighted by Gasteiger charge is 2.37. The highest BCUT2D eigenvalue weighted by molar-refractivity contribution is 7.89. The number of carbonyl (C=O) groups is 1. The minimum absolute atomic E-state index is 0.0168. The van der Waals surface area contributed by atoms with Gasteiger partial charge in [-0.15, -0.1) is 0 Å². The van der Waals surface area contributed by atoms with Gasteiger partial charge in [0.1, 0.15) is 0 Å². The van der Waals surface area contributed by atoms with Crippen LogP contribution in [0.2, 0.25) is 0 Å². The molecule has 5 nitrogen and oxygen atoms in total. The highest BCUT2D eigenvalue weighted by atomic mass is 32.2. The standard InChI is InChI=1S/C25H20F6N2O3S/c1-15-2-6-22(7-3-15)37(35,36)33-9-8-16-4-5-21(12-18(16)14-33)32-23(34)17-10-19(24(26,27)28)13-20(11-17)25(29,30)31/h2-7,10-13H,8-9,14H2,1H3,(H,32,34). The summed E-state index contributed by atoms with van der Waals surface area (Å²) >= 11 is 0. The lowest BCUT2D eigenvalue weighted by molar-refractivity contribution is -0.143. The zero-order valence-electron chi connectivity index (χ0n) is 19.2. The van der Waals surface area contributed by atoms with Crippen LogP contribution in [0.4, 0.5) is 32.0 Å². The number of halogens is 6. The fraction of sp³-hybridized carbons (Fsp3) is 0.240. The number of nitrogens with one attached hydrogen (secondary N) is 1. The van der Waals surface area contributed by atoms with Crippen LogP contribution in [-0.4, -0.2) is 25.2 Å². The zero-order valence-corrected chi connectivity index (χ0v) is 20.1. The fourth-order valence-corrected chi connectivity index (χ4v) is 5.38. The lowest BCUT2D eigenvalue weighted by Crippen LogP contribution is -2.36. The van der Waals surface area contributed by atoms with Crippen molar-refractivity contribution < 1.29 is 39.6 Å². The normalized spacial score (nSPS) is 14.8. The first-order chi connectivity index (χ1) is 17.1. The van der Waals surface area contributed by atoms with Gasteiger partial charge in [0.05, 0.1) is 16.0 Å². The summed E-state index contributed by atoms with van der Waals surface area (Å²) in [5.41, 5.74) is -1.66. The van der Waals surface area contributed by atoms with Gasteiger partial charge in [0.25, 0.3) is 5.91 Å². The molecule has 4 rings (SSSR count). The molecule has 0 spiro atoms. The number of benzene rings is 3. The Hall–Kier alpha value is -3.38. The second-order valence-electron chi connectivity index (χ2n) is 8.63. The minimum atomic E-state index is -5.09. The van der Waals surface area contributed by atoms with Crippen LogP contribution < -0.4 is 5.32 Å². The Labute approximate surface area is 208 Å². The molecular weight excluding hydrogens is 522 g/mol. The summed E-state index contributed by atoms with van der Waals surface area (Å²) in [5, 5.41) is 2.32. The van der Waals surface area contributed by atoms with E-state index in [2.05, 4.69) is 5.32 Å². The number of sulfonamides is 1. The number of hydrogen-bond donors (Lipinski definition) is 1. The maximum atomic E-state index is 13.1. The Balaban J connectivity index is 1.59. The average Bonchev–Trinajstić information content (AvgIpc) is 2.82. The van der Waals surface area contributed by atoms with Crippen LogP contribution in [0.15, 0.2) is 65.6 Å². The highest BCUT2D eigenvalue weighted by Crippen LogP contribution is 2.36. The summed E-state index contributed by atoms with van der Waals surface area (Å²) < 4.78 is 106. The van der Waals surface area contributed by atoms with Gasteiger partial charge >= 0.3 is 12.4 Å². The summed E-state index contributed by atoms with van der Waals surface area (Å²) in [6, 6.07) is 11.5. The molecule has 0 aromatic heterocycles. The minimum Gasteiger partial charge on any atom is -0.322 e. The van der Waals surface area contributed by atoms with Crippen LogP contribution in [0.5, 0.6) is 0 Å². The number of aryl methyl sites for hydroxylation is 1. The molecule has 3 aromatic rings. The van der Waals surface area contributed by atoms with Gasteiger partial charge in [-0.05, 0) is 66.9 Å². The van der Waals surface area contributed by atoms with E-state index in [1.807, 2.05) is 6.92 Å². The van der Waals surface area contributed by atoms with E-state index in [0.717, 1.165) is 11.1 Å². The molecule has 0 unspecified atom stereocenters. The van der Waals surface area contributed by atoms with E-state index in [9.17, 15) is 39.6 Å². The number of carbonyl (C=O) groups excluding carboxylic acids is 1. The van der Waals surface area contributed by atoms with E-state index >= 15 is 0 Å². The summed E-state index contributed by atoms with van der Waals surface area (Å²) in [7, 11) is -3.81. The summed E-state index contributed by atoms with van der Waals surface area (Å²) in [5.74, 6) is -1.17. The monoisotopic (exact) mass is 542 g/mol. The van der Waals surface area contributed by atoms with Gasteiger partial charge in [-0.1, -0.05) is 23.8 Å². The Morgan fingerprint density at radius 3 is 2.00 bits per heavy atom. The van der Waals surface area contributed by atoms with Crippen LogP contribution in [0.3, 0.4) is 0 Å². The van der Waals surface area contributed by atoms with E-state index in [0.29, 0.717) is 24.1 Å². The van der Waals surface area contributed by atoms with Gasteiger partial charge < -0.3 is 5.32 Å². The topological polar surface area (TPSA) is 66.5 Å². The Kier molecular flexibility index (Phi) is 6.84. The van der Waals surface area contributed by atoms with Crippen LogP contribution in [0.1, 0.15) is 38.2 Å². The van der Waals surface area contributed by atoms with Gasteiger partial charge in [0.15, 0.2) is 0 Å². The van der Waals surface area contributed by atoms with Gasteiger partial charge in [0.2, 0.25) is 10.0 Å².